The van der Waals surface area contributed by atoms with E-state index < -0.39 is 29.7 Å². The zero-order valence-electron chi connectivity index (χ0n) is 35.3. The van der Waals surface area contributed by atoms with E-state index in [-0.39, 0.29) is 54.4 Å². The number of amides is 6. The largest absolute Gasteiger partial charge is 0.494 e. The molecule has 0 bridgehead atoms. The Balaban J connectivity index is 0.679. The van der Waals surface area contributed by atoms with Crippen molar-refractivity contribution in [2.24, 2.45) is 0 Å². The van der Waals surface area contributed by atoms with E-state index in [1.807, 2.05) is 48.2 Å². The normalized spacial score (nSPS) is 19.9. The predicted octanol–water partition coefficient (Wildman–Crippen LogP) is 2.70. The van der Waals surface area contributed by atoms with Gasteiger partial charge in [-0.3, -0.25) is 43.9 Å². The van der Waals surface area contributed by atoms with Gasteiger partial charge in [0.25, 0.3) is 17.7 Å². The first kappa shape index (κ1) is 42.0. The van der Waals surface area contributed by atoms with Crippen molar-refractivity contribution in [3.05, 3.63) is 101 Å². The minimum Gasteiger partial charge on any atom is -0.494 e. The molecule has 1 saturated carbocycles. The highest BCUT2D eigenvalue weighted by Crippen LogP contribution is 2.35. The number of carbonyl (C=O) groups excluding carboxylic acids is 6. The van der Waals surface area contributed by atoms with E-state index in [4.69, 9.17) is 4.74 Å². The van der Waals surface area contributed by atoms with Gasteiger partial charge in [0.15, 0.2) is 11.5 Å². The Morgan fingerprint density at radius 1 is 0.891 bits per heavy atom. The number of ether oxygens (including phenoxy) is 1. The van der Waals surface area contributed by atoms with Crippen LogP contribution in [0.5, 0.6) is 5.75 Å². The van der Waals surface area contributed by atoms with Crippen LogP contribution >= 0.6 is 0 Å². The molecule has 6 amide bonds. The number of fused-ring (bicyclic) bond motifs is 2. The van der Waals surface area contributed by atoms with Crippen molar-refractivity contribution < 1.29 is 33.5 Å². The number of hydrogen-bond donors (Lipinski definition) is 4. The Morgan fingerprint density at radius 3 is 2.52 bits per heavy atom. The second kappa shape index (κ2) is 18.2. The fourth-order valence-electron chi connectivity index (χ4n) is 8.61. The molecule has 0 radical (unpaired) electrons. The van der Waals surface area contributed by atoms with Gasteiger partial charge in [0, 0.05) is 69.2 Å². The van der Waals surface area contributed by atoms with Gasteiger partial charge in [0.1, 0.15) is 29.3 Å². The van der Waals surface area contributed by atoms with Gasteiger partial charge in [-0.25, -0.2) is 19.9 Å². The van der Waals surface area contributed by atoms with Crippen LogP contribution in [0.15, 0.2) is 73.3 Å². The summed E-state index contributed by atoms with van der Waals surface area (Å²) in [4.78, 5) is 98.9. The van der Waals surface area contributed by atoms with Crippen molar-refractivity contribution in [1.82, 2.24) is 49.8 Å². The van der Waals surface area contributed by atoms with E-state index >= 15 is 0 Å². The number of carbonyl (C=O) groups is 6. The highest BCUT2D eigenvalue weighted by atomic mass is 16.5. The summed E-state index contributed by atoms with van der Waals surface area (Å²) in [7, 11) is 0. The van der Waals surface area contributed by atoms with Crippen LogP contribution in [0.25, 0.3) is 11.2 Å². The van der Waals surface area contributed by atoms with Crippen LogP contribution in [0.4, 0.5) is 11.5 Å². The lowest BCUT2D eigenvalue weighted by atomic mass is 9.86. The Labute approximate surface area is 368 Å². The summed E-state index contributed by atoms with van der Waals surface area (Å²) < 4.78 is 8.17. The molecule has 19 nitrogen and oxygen atoms in total. The lowest BCUT2D eigenvalue weighted by Crippen LogP contribution is -2.54. The summed E-state index contributed by atoms with van der Waals surface area (Å²) in [6, 6.07) is 17.2. The first-order chi connectivity index (χ1) is 31.1. The third-order valence-corrected chi connectivity index (χ3v) is 12.2. The lowest BCUT2D eigenvalue weighted by molar-refractivity contribution is -0.136. The van der Waals surface area contributed by atoms with Crippen LogP contribution in [-0.2, 0) is 20.9 Å². The van der Waals surface area contributed by atoms with Crippen molar-refractivity contribution in [2.45, 2.75) is 63.7 Å². The molecule has 0 spiro atoms. The molecule has 0 unspecified atom stereocenters. The van der Waals surface area contributed by atoms with Gasteiger partial charge in [0.05, 0.1) is 30.6 Å². The first-order valence-electron chi connectivity index (χ1n) is 21.6. The van der Waals surface area contributed by atoms with Gasteiger partial charge in [0.2, 0.25) is 17.7 Å². The van der Waals surface area contributed by atoms with Gasteiger partial charge < -0.3 is 30.2 Å². The molecule has 64 heavy (non-hydrogen) atoms. The van der Waals surface area contributed by atoms with Crippen LogP contribution < -0.4 is 26.0 Å². The molecular weight excluding hydrogens is 821 g/mol. The number of imidazole rings is 1. The molecular formula is C45H48N12O7. The summed E-state index contributed by atoms with van der Waals surface area (Å²) in [5, 5.41) is 11.8. The summed E-state index contributed by atoms with van der Waals surface area (Å²) in [5.41, 5.74) is 4.52. The van der Waals surface area contributed by atoms with Crippen LogP contribution in [0.1, 0.15) is 80.6 Å². The topological polar surface area (TPSA) is 226 Å². The number of pyridine rings is 1. The highest BCUT2D eigenvalue weighted by Gasteiger charge is 2.44. The second-order valence-corrected chi connectivity index (χ2v) is 16.5. The molecule has 2 aromatic carbocycles. The molecule has 3 aliphatic heterocycles. The summed E-state index contributed by atoms with van der Waals surface area (Å²) in [5.74, 6) is -1.10. The van der Waals surface area contributed by atoms with Crippen molar-refractivity contribution >= 4 is 58.1 Å². The number of rotatable bonds is 15. The number of imide groups is 2. The van der Waals surface area contributed by atoms with Crippen molar-refractivity contribution in [1.29, 1.82) is 0 Å². The van der Waals surface area contributed by atoms with E-state index in [1.165, 1.54) is 18.5 Å². The number of nitrogens with zero attached hydrogens (tertiary/aromatic N) is 8. The maximum Gasteiger partial charge on any atom is 0.270 e. The standard InChI is InChI=1S/C45H48N12O7/c1-27-5-2-8-35(51-27)42(60)52-30-20-31(21-30)56-26-50-39-40(48-25-49-41(39)56)47-23-28-6-3-7-32(19-28)64-18-4-13-54-14-16-55(17-15-54)38(59)24-46-29-9-10-33-34(22-29)45(63)57(44(33)62)36-11-12-37(58)53-43(36)61/h2-3,5-10,19,22,25-26,30-31,36,46H,4,11-18,20-21,23-24H2,1H3,(H,52,60)(H,47,48,49)(H,53,58,61)/t30?,31?,36-/m0/s1. The molecule has 3 aromatic heterocycles. The summed E-state index contributed by atoms with van der Waals surface area (Å²) in [6.45, 7) is 6.41. The fraction of sp³-hybridized carbons (Fsp3) is 0.378. The average molecular weight is 869 g/mol. The number of nitrogens with one attached hydrogen (secondary N) is 4. The first-order valence-corrected chi connectivity index (χ1v) is 21.6. The van der Waals surface area contributed by atoms with Crippen LogP contribution in [0.2, 0.25) is 0 Å². The van der Waals surface area contributed by atoms with E-state index in [1.54, 1.807) is 18.5 Å². The minimum atomic E-state index is -1.04. The number of anilines is 2. The summed E-state index contributed by atoms with van der Waals surface area (Å²) >= 11 is 0. The maximum atomic E-state index is 13.2. The number of piperazine rings is 1. The zero-order valence-corrected chi connectivity index (χ0v) is 35.3. The Bertz CT molecular complexity index is 2640. The van der Waals surface area contributed by atoms with Gasteiger partial charge in [-0.05, 0) is 80.6 Å². The molecule has 6 heterocycles. The van der Waals surface area contributed by atoms with Gasteiger partial charge in [-0.2, -0.15) is 0 Å². The molecule has 330 valence electrons. The number of piperidine rings is 1. The third kappa shape index (κ3) is 8.96. The van der Waals surface area contributed by atoms with Crippen LogP contribution in [-0.4, -0.2) is 133 Å². The second-order valence-electron chi connectivity index (χ2n) is 16.5. The maximum absolute atomic E-state index is 13.2. The zero-order chi connectivity index (χ0) is 44.3. The lowest BCUT2D eigenvalue weighted by Gasteiger charge is -2.36. The SMILES string of the molecule is Cc1cccc(C(=O)NC2CC(n3cnc4c(NCc5cccc(OCCCN6CCN(C(=O)CNc7ccc8c(c7)C(=O)N([C@H]7CCC(=O)NC7=O)C8=O)CC6)c5)ncnc43)C2)n1. The third-order valence-electron chi connectivity index (χ3n) is 12.2. The predicted molar refractivity (Wildman–Crippen MR) is 232 cm³/mol. The van der Waals surface area contributed by atoms with Crippen LogP contribution in [0.3, 0.4) is 0 Å². The van der Waals surface area contributed by atoms with Gasteiger partial charge >= 0.3 is 0 Å². The summed E-state index contributed by atoms with van der Waals surface area (Å²) in [6.07, 6.45) is 5.82. The molecule has 5 aromatic rings. The van der Waals surface area contributed by atoms with Crippen molar-refractivity contribution in [2.75, 3.05) is 56.5 Å². The Kier molecular flexibility index (Phi) is 12.0. The molecule has 9 rings (SSSR count). The minimum absolute atomic E-state index is 0.0201. The number of hydrogen-bond acceptors (Lipinski definition) is 14. The average Bonchev–Trinajstić information content (AvgIpc) is 3.82. The highest BCUT2D eigenvalue weighted by molar-refractivity contribution is 6.23. The fourth-order valence-corrected chi connectivity index (χ4v) is 8.61. The molecule has 4 aliphatic rings. The Hall–Kier alpha value is -7.28. The van der Waals surface area contributed by atoms with E-state index in [0.717, 1.165) is 66.5 Å². The molecule has 2 saturated heterocycles. The quantitative estimate of drug-likeness (QED) is 0.0878. The van der Waals surface area contributed by atoms with E-state index in [9.17, 15) is 28.8 Å². The molecule has 1 aliphatic carbocycles. The number of aromatic nitrogens is 5. The van der Waals surface area contributed by atoms with Crippen LogP contribution in [0, 0.1) is 6.92 Å². The smallest absolute Gasteiger partial charge is 0.270 e. The monoisotopic (exact) mass is 868 g/mol. The van der Waals surface area contributed by atoms with Gasteiger partial charge in [-0.15, -0.1) is 0 Å². The van der Waals surface area contributed by atoms with Gasteiger partial charge in [-0.1, -0.05) is 18.2 Å². The molecule has 19 heteroatoms. The number of aryl methyl sites for hydroxylation is 1. The molecule has 3 fully saturated rings. The van der Waals surface area contributed by atoms with E-state index in [0.29, 0.717) is 49.0 Å². The molecule has 4 N–H and O–H groups in total. The van der Waals surface area contributed by atoms with Crippen molar-refractivity contribution in [3.63, 3.8) is 0 Å². The van der Waals surface area contributed by atoms with Crippen molar-refractivity contribution in [3.8, 4) is 5.75 Å². The Morgan fingerprint density at radius 2 is 1.70 bits per heavy atom. The van der Waals surface area contributed by atoms with E-state index in [2.05, 4.69) is 50.7 Å². The molecule has 1 atom stereocenters. The number of benzene rings is 2.